The Balaban J connectivity index is 1.56. The third-order valence-corrected chi connectivity index (χ3v) is 5.37. The summed E-state index contributed by atoms with van der Waals surface area (Å²) in [7, 11) is 0. The molecule has 29 heavy (non-hydrogen) atoms. The smallest absolute Gasteiger partial charge is 0.370 e. The monoisotopic (exact) mass is 420 g/mol. The van der Waals surface area contributed by atoms with Crippen LogP contribution in [-0.2, 0) is 4.74 Å². The SMILES string of the molecule is N[C@H]1C[C@@H](N2CCNC3C=NC(C(F)(F)F)=C32)CO[C@@H]1c1cc(F)c(F)cc1F. The first kappa shape index (κ1) is 20.2. The Kier molecular flexibility index (Phi) is 5.07. The van der Waals surface area contributed by atoms with Crippen molar-refractivity contribution in [2.45, 2.75) is 36.8 Å². The molecule has 4 atom stereocenters. The number of halogens is 6. The van der Waals surface area contributed by atoms with Crippen LogP contribution in [0.25, 0.3) is 0 Å². The van der Waals surface area contributed by atoms with Crippen molar-refractivity contribution >= 4 is 6.21 Å². The second kappa shape index (κ2) is 7.29. The van der Waals surface area contributed by atoms with Crippen LogP contribution in [0.1, 0.15) is 18.1 Å². The Bertz CT molecular complexity index is 871. The molecule has 1 unspecified atom stereocenters. The molecule has 3 aliphatic heterocycles. The number of nitrogens with zero attached hydrogens (tertiary/aromatic N) is 2. The van der Waals surface area contributed by atoms with E-state index >= 15 is 0 Å². The van der Waals surface area contributed by atoms with E-state index in [1.807, 2.05) is 0 Å². The van der Waals surface area contributed by atoms with Crippen LogP contribution in [0.15, 0.2) is 28.5 Å². The number of hydrogen-bond acceptors (Lipinski definition) is 5. The molecule has 0 radical (unpaired) electrons. The highest BCUT2D eigenvalue weighted by Crippen LogP contribution is 2.39. The molecule has 1 aromatic carbocycles. The van der Waals surface area contributed by atoms with E-state index in [-0.39, 0.29) is 24.3 Å². The Morgan fingerprint density at radius 3 is 2.55 bits per heavy atom. The number of alkyl halides is 3. The Morgan fingerprint density at radius 2 is 1.86 bits per heavy atom. The van der Waals surface area contributed by atoms with Crippen LogP contribution >= 0.6 is 0 Å². The first-order valence-corrected chi connectivity index (χ1v) is 9.04. The van der Waals surface area contributed by atoms with Crippen molar-refractivity contribution in [2.24, 2.45) is 10.7 Å². The number of benzene rings is 1. The molecule has 3 heterocycles. The van der Waals surface area contributed by atoms with E-state index < -0.39 is 53.6 Å². The number of rotatable bonds is 2. The molecule has 2 fully saturated rings. The standard InChI is InChI=1S/C18H18F6N4O/c19-10-5-12(21)11(20)4-9(10)16-13(25)3-8(7-29-16)28-2-1-26-14-6-27-17(15(14)28)18(22,23)24/h4-6,8,13-14,16,26H,1-3,7,25H2/t8-,13+,14?,16-/m1/s1. The van der Waals surface area contributed by atoms with E-state index in [0.717, 1.165) is 0 Å². The average molecular weight is 420 g/mol. The zero-order valence-corrected chi connectivity index (χ0v) is 15.0. The maximum absolute atomic E-state index is 14.1. The molecule has 5 nitrogen and oxygen atoms in total. The Morgan fingerprint density at radius 1 is 1.14 bits per heavy atom. The summed E-state index contributed by atoms with van der Waals surface area (Å²) in [5, 5.41) is 2.97. The number of nitrogens with one attached hydrogen (secondary N) is 1. The van der Waals surface area contributed by atoms with Gasteiger partial charge >= 0.3 is 6.18 Å². The molecule has 1 aromatic rings. The number of allylic oxidation sites excluding steroid dienone is 1. The molecule has 0 bridgehead atoms. The number of ether oxygens (including phenoxy) is 1. The average Bonchev–Trinajstić information content (AvgIpc) is 3.09. The van der Waals surface area contributed by atoms with Crippen molar-refractivity contribution in [1.29, 1.82) is 0 Å². The lowest BCUT2D eigenvalue weighted by Gasteiger charge is -2.45. The van der Waals surface area contributed by atoms with Crippen molar-refractivity contribution in [2.75, 3.05) is 19.7 Å². The number of hydrogen-bond donors (Lipinski definition) is 2. The lowest BCUT2D eigenvalue weighted by Crippen LogP contribution is -2.56. The molecule has 0 aliphatic carbocycles. The first-order valence-electron chi connectivity index (χ1n) is 9.04. The summed E-state index contributed by atoms with van der Waals surface area (Å²) in [4.78, 5) is 5.11. The van der Waals surface area contributed by atoms with E-state index in [1.165, 1.54) is 6.21 Å². The Labute approximate surface area is 162 Å². The highest BCUT2D eigenvalue weighted by molar-refractivity contribution is 5.75. The van der Waals surface area contributed by atoms with E-state index in [0.29, 0.717) is 25.2 Å². The molecule has 0 saturated carbocycles. The molecule has 3 N–H and O–H groups in total. The molecular weight excluding hydrogens is 402 g/mol. The molecule has 0 aromatic heterocycles. The third-order valence-electron chi connectivity index (χ3n) is 5.37. The molecule has 0 spiro atoms. The van der Waals surface area contributed by atoms with Crippen molar-refractivity contribution in [3.8, 4) is 0 Å². The van der Waals surface area contributed by atoms with Gasteiger partial charge in [-0.1, -0.05) is 0 Å². The van der Waals surface area contributed by atoms with Gasteiger partial charge in [0.15, 0.2) is 17.3 Å². The van der Waals surface area contributed by atoms with Crippen LogP contribution in [0.2, 0.25) is 0 Å². The van der Waals surface area contributed by atoms with Crippen LogP contribution in [-0.4, -0.2) is 55.1 Å². The molecule has 0 amide bonds. The van der Waals surface area contributed by atoms with Gasteiger partial charge in [0, 0.05) is 37.0 Å². The fourth-order valence-corrected chi connectivity index (χ4v) is 4.09. The number of piperazine rings is 1. The molecule has 158 valence electrons. The van der Waals surface area contributed by atoms with Gasteiger partial charge in [-0.05, 0) is 12.5 Å². The zero-order valence-electron chi connectivity index (χ0n) is 15.0. The van der Waals surface area contributed by atoms with E-state index in [4.69, 9.17) is 10.5 Å². The van der Waals surface area contributed by atoms with E-state index in [2.05, 4.69) is 10.3 Å². The second-order valence-electron chi connectivity index (χ2n) is 7.23. The summed E-state index contributed by atoms with van der Waals surface area (Å²) in [6.07, 6.45) is -4.24. The summed E-state index contributed by atoms with van der Waals surface area (Å²) in [6.45, 7) is 0.691. The fraction of sp³-hybridized carbons (Fsp3) is 0.500. The Hall–Kier alpha value is -2.11. The normalized spacial score (nSPS) is 30.1. The minimum Gasteiger partial charge on any atom is -0.370 e. The van der Waals surface area contributed by atoms with Crippen molar-refractivity contribution < 1.29 is 31.1 Å². The van der Waals surface area contributed by atoms with Crippen LogP contribution in [0.3, 0.4) is 0 Å². The minimum atomic E-state index is -4.60. The first-order chi connectivity index (χ1) is 13.7. The van der Waals surface area contributed by atoms with Crippen molar-refractivity contribution in [3.63, 3.8) is 0 Å². The highest BCUT2D eigenvalue weighted by atomic mass is 19.4. The van der Waals surface area contributed by atoms with Crippen LogP contribution in [0, 0.1) is 17.5 Å². The van der Waals surface area contributed by atoms with Gasteiger partial charge in [-0.3, -0.25) is 4.99 Å². The minimum absolute atomic E-state index is 0.0157. The van der Waals surface area contributed by atoms with Gasteiger partial charge in [-0.15, -0.1) is 0 Å². The van der Waals surface area contributed by atoms with Crippen LogP contribution in [0.5, 0.6) is 0 Å². The zero-order chi connectivity index (χ0) is 20.9. The molecule has 2 saturated heterocycles. The van der Waals surface area contributed by atoms with Crippen LogP contribution < -0.4 is 11.1 Å². The van der Waals surface area contributed by atoms with Gasteiger partial charge in [0.25, 0.3) is 0 Å². The van der Waals surface area contributed by atoms with E-state index in [1.54, 1.807) is 4.90 Å². The quantitative estimate of drug-likeness (QED) is 0.570. The largest absolute Gasteiger partial charge is 0.435 e. The number of fused-ring (bicyclic) bond motifs is 1. The molecular formula is C18H18F6N4O. The fourth-order valence-electron chi connectivity index (χ4n) is 4.09. The number of nitrogens with two attached hydrogens (primary N) is 1. The topological polar surface area (TPSA) is 62.9 Å². The van der Waals surface area contributed by atoms with Gasteiger partial charge in [-0.2, -0.15) is 13.2 Å². The predicted octanol–water partition coefficient (Wildman–Crippen LogP) is 2.39. The lowest BCUT2D eigenvalue weighted by atomic mass is 9.92. The van der Waals surface area contributed by atoms with Gasteiger partial charge in [0.2, 0.25) is 0 Å². The third kappa shape index (κ3) is 3.62. The lowest BCUT2D eigenvalue weighted by molar-refractivity contribution is -0.0963. The number of aliphatic imine (C=N–C) groups is 1. The van der Waals surface area contributed by atoms with Gasteiger partial charge in [0.05, 0.1) is 24.4 Å². The summed E-state index contributed by atoms with van der Waals surface area (Å²) in [6, 6.07) is -0.847. The predicted molar refractivity (Wildman–Crippen MR) is 91.5 cm³/mol. The summed E-state index contributed by atoms with van der Waals surface area (Å²) in [5.41, 5.74) is 4.94. The molecule has 11 heteroatoms. The molecule has 3 aliphatic rings. The second-order valence-corrected chi connectivity index (χ2v) is 7.23. The molecule has 4 rings (SSSR count). The maximum Gasteiger partial charge on any atom is 0.435 e. The van der Waals surface area contributed by atoms with Crippen LogP contribution in [0.4, 0.5) is 26.3 Å². The highest BCUT2D eigenvalue weighted by Gasteiger charge is 2.46. The van der Waals surface area contributed by atoms with Gasteiger partial charge in [0.1, 0.15) is 11.9 Å². The van der Waals surface area contributed by atoms with E-state index in [9.17, 15) is 26.3 Å². The summed E-state index contributed by atoms with van der Waals surface area (Å²) < 4.78 is 86.5. The maximum atomic E-state index is 14.1. The summed E-state index contributed by atoms with van der Waals surface area (Å²) >= 11 is 0. The van der Waals surface area contributed by atoms with Gasteiger partial charge in [-0.25, -0.2) is 13.2 Å². The summed E-state index contributed by atoms with van der Waals surface area (Å²) in [5.74, 6) is -3.54. The van der Waals surface area contributed by atoms with Crippen molar-refractivity contribution in [1.82, 2.24) is 10.2 Å². The van der Waals surface area contributed by atoms with Crippen molar-refractivity contribution in [3.05, 3.63) is 46.5 Å². The van der Waals surface area contributed by atoms with Gasteiger partial charge < -0.3 is 20.7 Å².